The number of benzene rings is 1. The van der Waals surface area contributed by atoms with Crippen LogP contribution in [-0.4, -0.2) is 4.98 Å². The molecule has 84 valence electrons. The van der Waals surface area contributed by atoms with Crippen LogP contribution in [0.3, 0.4) is 0 Å². The van der Waals surface area contributed by atoms with Gasteiger partial charge in [0.25, 0.3) is 5.56 Å². The molecule has 16 heavy (non-hydrogen) atoms. The van der Waals surface area contributed by atoms with Gasteiger partial charge in [0, 0.05) is 11.1 Å². The largest absolute Gasteiger partial charge is 0.326 e. The Morgan fingerprint density at radius 1 is 1.19 bits per heavy atom. The molecule has 0 radical (unpaired) electrons. The Hall–Kier alpha value is -1.57. The third-order valence-corrected chi connectivity index (χ3v) is 2.86. The van der Waals surface area contributed by atoms with Gasteiger partial charge >= 0.3 is 0 Å². The molecule has 0 saturated heterocycles. The molecule has 2 aromatic rings. The van der Waals surface area contributed by atoms with Crippen molar-refractivity contribution in [3.05, 3.63) is 46.4 Å². The van der Waals surface area contributed by atoms with Crippen LogP contribution < -0.4 is 5.56 Å². The molecule has 1 heterocycles. The number of aryl methyl sites for hydroxylation is 1. The lowest BCUT2D eigenvalue weighted by atomic mass is 10.1. The summed E-state index contributed by atoms with van der Waals surface area (Å²) in [5.41, 5.74) is 1.08. The van der Waals surface area contributed by atoms with Gasteiger partial charge in [-0.1, -0.05) is 38.0 Å². The highest BCUT2D eigenvalue weighted by molar-refractivity contribution is 5.81. The van der Waals surface area contributed by atoms with Crippen molar-refractivity contribution in [1.29, 1.82) is 0 Å². The minimum Gasteiger partial charge on any atom is -0.326 e. The lowest BCUT2D eigenvalue weighted by Gasteiger charge is -2.03. The van der Waals surface area contributed by atoms with Gasteiger partial charge in [-0.05, 0) is 30.4 Å². The van der Waals surface area contributed by atoms with E-state index in [-0.39, 0.29) is 5.56 Å². The van der Waals surface area contributed by atoms with Crippen LogP contribution in [0.1, 0.15) is 31.9 Å². The van der Waals surface area contributed by atoms with Crippen LogP contribution in [0.15, 0.2) is 35.1 Å². The van der Waals surface area contributed by atoms with E-state index in [1.54, 1.807) is 0 Å². The fourth-order valence-corrected chi connectivity index (χ4v) is 1.97. The fourth-order valence-electron chi connectivity index (χ4n) is 1.97. The zero-order valence-corrected chi connectivity index (χ0v) is 9.62. The first-order valence-electron chi connectivity index (χ1n) is 5.92. The van der Waals surface area contributed by atoms with Gasteiger partial charge in [-0.2, -0.15) is 0 Å². The van der Waals surface area contributed by atoms with E-state index in [2.05, 4.69) is 18.0 Å². The average Bonchev–Trinajstić information content (AvgIpc) is 2.30. The molecule has 0 bridgehead atoms. The Balaban J connectivity index is 2.31. The van der Waals surface area contributed by atoms with Crippen LogP contribution in [0, 0.1) is 0 Å². The SMILES string of the molecule is CCCCCc1cc2ccccc2c(=O)[nH]1. The predicted octanol–water partition coefficient (Wildman–Crippen LogP) is 3.26. The Labute approximate surface area is 95.3 Å². The van der Waals surface area contributed by atoms with Gasteiger partial charge < -0.3 is 4.98 Å². The molecule has 0 amide bonds. The minimum atomic E-state index is 0.0320. The number of unbranched alkanes of at least 4 members (excludes halogenated alkanes) is 2. The van der Waals surface area contributed by atoms with Crippen molar-refractivity contribution in [2.45, 2.75) is 32.6 Å². The molecular formula is C14H17NO. The Bertz CT molecular complexity index is 527. The maximum absolute atomic E-state index is 11.8. The number of rotatable bonds is 4. The summed E-state index contributed by atoms with van der Waals surface area (Å²) < 4.78 is 0. The van der Waals surface area contributed by atoms with Crippen molar-refractivity contribution in [2.75, 3.05) is 0 Å². The lowest BCUT2D eigenvalue weighted by Crippen LogP contribution is -2.09. The lowest BCUT2D eigenvalue weighted by molar-refractivity contribution is 0.707. The molecule has 2 nitrogen and oxygen atoms in total. The van der Waals surface area contributed by atoms with Crippen LogP contribution >= 0.6 is 0 Å². The van der Waals surface area contributed by atoms with Gasteiger partial charge in [0.2, 0.25) is 0 Å². The average molecular weight is 215 g/mol. The van der Waals surface area contributed by atoms with Gasteiger partial charge in [-0.15, -0.1) is 0 Å². The van der Waals surface area contributed by atoms with Crippen molar-refractivity contribution in [3.8, 4) is 0 Å². The number of pyridine rings is 1. The molecular weight excluding hydrogens is 198 g/mol. The zero-order chi connectivity index (χ0) is 11.4. The van der Waals surface area contributed by atoms with E-state index >= 15 is 0 Å². The van der Waals surface area contributed by atoms with E-state index in [1.165, 1.54) is 12.8 Å². The van der Waals surface area contributed by atoms with E-state index < -0.39 is 0 Å². The number of H-pyrrole nitrogens is 1. The monoisotopic (exact) mass is 215 g/mol. The second-order valence-corrected chi connectivity index (χ2v) is 4.17. The summed E-state index contributed by atoms with van der Waals surface area (Å²) >= 11 is 0. The first kappa shape index (κ1) is 10.9. The number of aromatic nitrogens is 1. The molecule has 0 atom stereocenters. The van der Waals surface area contributed by atoms with Crippen LogP contribution in [-0.2, 0) is 6.42 Å². The van der Waals surface area contributed by atoms with Gasteiger partial charge in [-0.25, -0.2) is 0 Å². The van der Waals surface area contributed by atoms with Crippen molar-refractivity contribution >= 4 is 10.8 Å². The standard InChI is InChI=1S/C14H17NO/c1-2-3-4-8-12-10-11-7-5-6-9-13(11)14(16)15-12/h5-7,9-10H,2-4,8H2,1H3,(H,15,16). The third kappa shape index (κ3) is 2.32. The Morgan fingerprint density at radius 2 is 2.00 bits per heavy atom. The molecule has 0 aliphatic heterocycles. The number of hydrogen-bond acceptors (Lipinski definition) is 1. The second-order valence-electron chi connectivity index (χ2n) is 4.17. The number of hydrogen-bond donors (Lipinski definition) is 1. The minimum absolute atomic E-state index is 0.0320. The van der Waals surface area contributed by atoms with Crippen LogP contribution in [0.25, 0.3) is 10.8 Å². The van der Waals surface area contributed by atoms with Crippen LogP contribution in [0.4, 0.5) is 0 Å². The smallest absolute Gasteiger partial charge is 0.256 e. The number of fused-ring (bicyclic) bond motifs is 1. The van der Waals surface area contributed by atoms with E-state index in [1.807, 2.05) is 24.3 Å². The van der Waals surface area contributed by atoms with Crippen molar-refractivity contribution < 1.29 is 0 Å². The summed E-state index contributed by atoms with van der Waals surface area (Å²) in [6, 6.07) is 9.82. The number of aromatic amines is 1. The molecule has 2 rings (SSSR count). The zero-order valence-electron chi connectivity index (χ0n) is 9.62. The van der Waals surface area contributed by atoms with Crippen LogP contribution in [0.2, 0.25) is 0 Å². The van der Waals surface area contributed by atoms with E-state index in [4.69, 9.17) is 0 Å². The van der Waals surface area contributed by atoms with Gasteiger partial charge in [0.1, 0.15) is 0 Å². The highest BCUT2D eigenvalue weighted by Gasteiger charge is 2.00. The van der Waals surface area contributed by atoms with Crippen LogP contribution in [0.5, 0.6) is 0 Å². The maximum Gasteiger partial charge on any atom is 0.256 e. The van der Waals surface area contributed by atoms with E-state index in [0.717, 1.165) is 29.3 Å². The normalized spacial score (nSPS) is 10.8. The van der Waals surface area contributed by atoms with Crippen molar-refractivity contribution in [1.82, 2.24) is 4.98 Å². The first-order valence-corrected chi connectivity index (χ1v) is 5.92. The highest BCUT2D eigenvalue weighted by atomic mass is 16.1. The molecule has 1 aromatic heterocycles. The topological polar surface area (TPSA) is 32.9 Å². The summed E-state index contributed by atoms with van der Waals surface area (Å²) in [4.78, 5) is 14.7. The molecule has 1 N–H and O–H groups in total. The van der Waals surface area contributed by atoms with Crippen molar-refractivity contribution in [2.24, 2.45) is 0 Å². The maximum atomic E-state index is 11.8. The fraction of sp³-hybridized carbons (Fsp3) is 0.357. The predicted molar refractivity (Wildman–Crippen MR) is 67.8 cm³/mol. The number of nitrogens with one attached hydrogen (secondary N) is 1. The summed E-state index contributed by atoms with van der Waals surface area (Å²) in [5, 5.41) is 1.82. The van der Waals surface area contributed by atoms with Gasteiger partial charge in [-0.3, -0.25) is 4.79 Å². The highest BCUT2D eigenvalue weighted by Crippen LogP contribution is 2.11. The first-order chi connectivity index (χ1) is 7.81. The van der Waals surface area contributed by atoms with Crippen molar-refractivity contribution in [3.63, 3.8) is 0 Å². The quantitative estimate of drug-likeness (QED) is 0.780. The summed E-state index contributed by atoms with van der Waals surface area (Å²) in [5.74, 6) is 0. The molecule has 1 aromatic carbocycles. The van der Waals surface area contributed by atoms with Gasteiger partial charge in [0.05, 0.1) is 0 Å². The van der Waals surface area contributed by atoms with Gasteiger partial charge in [0.15, 0.2) is 0 Å². The van der Waals surface area contributed by atoms with E-state index in [0.29, 0.717) is 0 Å². The molecule has 2 heteroatoms. The molecule has 0 unspecified atom stereocenters. The summed E-state index contributed by atoms with van der Waals surface area (Å²) in [7, 11) is 0. The Morgan fingerprint density at radius 3 is 2.81 bits per heavy atom. The third-order valence-electron chi connectivity index (χ3n) is 2.86. The summed E-state index contributed by atoms with van der Waals surface area (Å²) in [6.07, 6.45) is 4.53. The Kier molecular flexibility index (Phi) is 3.40. The molecule has 0 spiro atoms. The summed E-state index contributed by atoms with van der Waals surface area (Å²) in [6.45, 7) is 2.18. The molecule has 0 aliphatic rings. The molecule has 0 fully saturated rings. The molecule has 0 saturated carbocycles. The molecule has 0 aliphatic carbocycles. The second kappa shape index (κ2) is 4.97. The van der Waals surface area contributed by atoms with E-state index in [9.17, 15) is 4.79 Å².